The van der Waals surface area contributed by atoms with Crippen LogP contribution in [0.1, 0.15) is 37.0 Å². The van der Waals surface area contributed by atoms with E-state index in [0.29, 0.717) is 5.92 Å². The Morgan fingerprint density at radius 1 is 1.15 bits per heavy atom. The van der Waals surface area contributed by atoms with Gasteiger partial charge in [0.05, 0.1) is 6.10 Å². The van der Waals surface area contributed by atoms with Crippen LogP contribution in [-0.2, 0) is 0 Å². The molecule has 2 nitrogen and oxygen atoms in total. The fraction of sp³-hybridized carbons (Fsp3) is 0.571. The third kappa shape index (κ3) is 6.63. The number of nitrogens with one attached hydrogen (secondary N) is 1. The second kappa shape index (κ2) is 7.90. The number of alkyl halides is 3. The molecule has 0 aromatic heterocycles. The van der Waals surface area contributed by atoms with E-state index in [2.05, 4.69) is 19.2 Å². The third-order valence-corrected chi connectivity index (χ3v) is 3.61. The van der Waals surface area contributed by atoms with Crippen molar-refractivity contribution in [2.75, 3.05) is 18.8 Å². The second-order valence-electron chi connectivity index (χ2n) is 4.84. The Hall–Kier alpha value is -0.720. The molecule has 2 N–H and O–H groups in total. The largest absolute Gasteiger partial charge is 0.441 e. The van der Waals surface area contributed by atoms with Crippen molar-refractivity contribution >= 4 is 11.8 Å². The van der Waals surface area contributed by atoms with Crippen molar-refractivity contribution in [1.29, 1.82) is 0 Å². The highest BCUT2D eigenvalue weighted by Crippen LogP contribution is 2.29. The molecule has 1 aromatic carbocycles. The van der Waals surface area contributed by atoms with Gasteiger partial charge in [0, 0.05) is 18.8 Å². The van der Waals surface area contributed by atoms with E-state index in [1.54, 1.807) is 0 Å². The quantitative estimate of drug-likeness (QED) is 0.754. The van der Waals surface area contributed by atoms with E-state index >= 15 is 0 Å². The first kappa shape index (κ1) is 17.3. The molecule has 0 spiro atoms. The van der Waals surface area contributed by atoms with Crippen molar-refractivity contribution in [2.24, 2.45) is 0 Å². The highest BCUT2D eigenvalue weighted by molar-refractivity contribution is 8.00. The minimum Gasteiger partial charge on any atom is -0.387 e. The number of thioether (sulfide) groups is 1. The van der Waals surface area contributed by atoms with Gasteiger partial charge >= 0.3 is 5.51 Å². The highest BCUT2D eigenvalue weighted by Gasteiger charge is 2.27. The van der Waals surface area contributed by atoms with Crippen LogP contribution in [0, 0.1) is 0 Å². The summed E-state index contributed by atoms with van der Waals surface area (Å²) in [5.41, 5.74) is -2.23. The van der Waals surface area contributed by atoms with Crippen molar-refractivity contribution in [1.82, 2.24) is 5.32 Å². The van der Waals surface area contributed by atoms with Gasteiger partial charge in [-0.2, -0.15) is 13.2 Å². The molecule has 1 aromatic rings. The molecule has 0 amide bonds. The Bertz CT molecular complexity index is 392. The molecule has 0 aliphatic carbocycles. The lowest BCUT2D eigenvalue weighted by molar-refractivity contribution is -0.0327. The van der Waals surface area contributed by atoms with Crippen molar-refractivity contribution < 1.29 is 18.3 Å². The molecule has 0 bridgehead atoms. The molecule has 1 atom stereocenters. The van der Waals surface area contributed by atoms with Crippen LogP contribution in [0.15, 0.2) is 24.3 Å². The summed E-state index contributed by atoms with van der Waals surface area (Å²) >= 11 is -0.0579. The van der Waals surface area contributed by atoms with Gasteiger partial charge in [-0.1, -0.05) is 38.1 Å². The maximum Gasteiger partial charge on any atom is 0.441 e. The first-order valence-electron chi connectivity index (χ1n) is 6.49. The van der Waals surface area contributed by atoms with Crippen LogP contribution in [0.3, 0.4) is 0 Å². The number of rotatable bonds is 7. The van der Waals surface area contributed by atoms with Crippen LogP contribution in [0.2, 0.25) is 0 Å². The highest BCUT2D eigenvalue weighted by atomic mass is 32.2. The molecule has 20 heavy (non-hydrogen) atoms. The maximum absolute atomic E-state index is 11.9. The lowest BCUT2D eigenvalue weighted by Gasteiger charge is -2.14. The Morgan fingerprint density at radius 2 is 1.70 bits per heavy atom. The average molecular weight is 307 g/mol. The van der Waals surface area contributed by atoms with Gasteiger partial charge in [0.25, 0.3) is 0 Å². The lowest BCUT2D eigenvalue weighted by atomic mass is 10.00. The number of hydrogen-bond acceptors (Lipinski definition) is 3. The monoisotopic (exact) mass is 307 g/mol. The summed E-state index contributed by atoms with van der Waals surface area (Å²) in [6.07, 6.45) is -0.702. The second-order valence-corrected chi connectivity index (χ2v) is 6.00. The number of aliphatic hydroxyl groups excluding tert-OH is 1. The smallest absolute Gasteiger partial charge is 0.387 e. The van der Waals surface area contributed by atoms with Gasteiger partial charge in [0.2, 0.25) is 0 Å². The van der Waals surface area contributed by atoms with Gasteiger partial charge in [-0.05, 0) is 28.8 Å². The number of benzene rings is 1. The molecule has 0 radical (unpaired) electrons. The van der Waals surface area contributed by atoms with Crippen LogP contribution in [-0.4, -0.2) is 29.5 Å². The van der Waals surface area contributed by atoms with Gasteiger partial charge in [0.15, 0.2) is 0 Å². The zero-order chi connectivity index (χ0) is 15.2. The molecule has 0 aliphatic rings. The van der Waals surface area contributed by atoms with Crippen LogP contribution < -0.4 is 5.32 Å². The maximum atomic E-state index is 11.9. The minimum absolute atomic E-state index is 0.0531. The minimum atomic E-state index is -4.19. The molecule has 114 valence electrons. The Kier molecular flexibility index (Phi) is 6.85. The molecular formula is C14H20F3NOS. The van der Waals surface area contributed by atoms with E-state index in [1.165, 1.54) is 5.56 Å². The number of halogens is 3. The normalized spacial score (nSPS) is 13.8. The standard InChI is InChI=1S/C14H20F3NOS/c1-10(2)11-3-5-12(6-4-11)13(19)9-18-7-8-20-14(15,16)17/h3-6,10,13,18-19H,7-9H2,1-2H3. The Labute approximate surface area is 121 Å². The molecule has 1 rings (SSSR count). The van der Waals surface area contributed by atoms with E-state index in [1.807, 2.05) is 24.3 Å². The van der Waals surface area contributed by atoms with E-state index in [0.717, 1.165) is 5.56 Å². The SMILES string of the molecule is CC(C)c1ccc(C(O)CNCCSC(F)(F)F)cc1. The van der Waals surface area contributed by atoms with Gasteiger partial charge in [-0.15, -0.1) is 0 Å². The predicted molar refractivity (Wildman–Crippen MR) is 76.9 cm³/mol. The molecule has 0 saturated heterocycles. The van der Waals surface area contributed by atoms with Gasteiger partial charge < -0.3 is 10.4 Å². The first-order chi connectivity index (χ1) is 9.29. The van der Waals surface area contributed by atoms with E-state index in [9.17, 15) is 18.3 Å². The van der Waals surface area contributed by atoms with E-state index in [-0.39, 0.29) is 30.6 Å². The lowest BCUT2D eigenvalue weighted by Crippen LogP contribution is -2.24. The summed E-state index contributed by atoms with van der Waals surface area (Å²) in [6.45, 7) is 4.64. The first-order valence-corrected chi connectivity index (χ1v) is 7.47. The summed E-state index contributed by atoms with van der Waals surface area (Å²) in [5.74, 6) is 0.376. The molecule has 0 aliphatic heterocycles. The van der Waals surface area contributed by atoms with E-state index in [4.69, 9.17) is 0 Å². The molecular weight excluding hydrogens is 287 g/mol. The van der Waals surface area contributed by atoms with Crippen molar-refractivity contribution in [3.05, 3.63) is 35.4 Å². The molecule has 0 fully saturated rings. The zero-order valence-corrected chi connectivity index (χ0v) is 12.4. The van der Waals surface area contributed by atoms with Gasteiger partial charge in [-0.25, -0.2) is 0 Å². The third-order valence-electron chi connectivity index (χ3n) is 2.87. The predicted octanol–water partition coefficient (Wildman–Crippen LogP) is 3.69. The molecule has 0 saturated carbocycles. The summed E-state index contributed by atoms with van der Waals surface area (Å²) in [4.78, 5) is 0. The molecule has 0 heterocycles. The van der Waals surface area contributed by atoms with E-state index < -0.39 is 11.6 Å². The fourth-order valence-electron chi connectivity index (χ4n) is 1.70. The van der Waals surface area contributed by atoms with Crippen molar-refractivity contribution in [2.45, 2.75) is 31.4 Å². The van der Waals surface area contributed by atoms with Crippen LogP contribution >= 0.6 is 11.8 Å². The number of hydrogen-bond donors (Lipinski definition) is 2. The molecule has 6 heteroatoms. The van der Waals surface area contributed by atoms with Crippen molar-refractivity contribution in [3.8, 4) is 0 Å². The fourth-order valence-corrected chi connectivity index (χ4v) is 2.18. The summed E-state index contributed by atoms with van der Waals surface area (Å²) in [5, 5.41) is 12.7. The van der Waals surface area contributed by atoms with Gasteiger partial charge in [-0.3, -0.25) is 0 Å². The van der Waals surface area contributed by atoms with Crippen LogP contribution in [0.4, 0.5) is 13.2 Å². The topological polar surface area (TPSA) is 32.3 Å². The van der Waals surface area contributed by atoms with Crippen LogP contribution in [0.5, 0.6) is 0 Å². The van der Waals surface area contributed by atoms with Crippen molar-refractivity contribution in [3.63, 3.8) is 0 Å². The zero-order valence-electron chi connectivity index (χ0n) is 11.6. The summed E-state index contributed by atoms with van der Waals surface area (Å²) in [7, 11) is 0. The summed E-state index contributed by atoms with van der Waals surface area (Å²) in [6, 6.07) is 7.63. The average Bonchev–Trinajstić information content (AvgIpc) is 2.37. The number of aliphatic hydroxyl groups is 1. The summed E-state index contributed by atoms with van der Waals surface area (Å²) < 4.78 is 35.7. The van der Waals surface area contributed by atoms with Crippen LogP contribution in [0.25, 0.3) is 0 Å². The Morgan fingerprint density at radius 3 is 2.20 bits per heavy atom. The molecule has 1 unspecified atom stereocenters. The van der Waals surface area contributed by atoms with Gasteiger partial charge in [0.1, 0.15) is 0 Å². The Balaban J connectivity index is 2.30.